The highest BCUT2D eigenvalue weighted by atomic mass is 35.5. The Morgan fingerprint density at radius 3 is 3.14 bits per heavy atom. The molecule has 2 aromatic rings. The van der Waals surface area contributed by atoms with Crippen molar-refractivity contribution in [2.45, 2.75) is 29.7 Å². The van der Waals surface area contributed by atoms with Crippen molar-refractivity contribution in [3.8, 4) is 0 Å². The minimum Gasteiger partial charge on any atom is -0.377 e. The molecule has 0 amide bonds. The van der Waals surface area contributed by atoms with Gasteiger partial charge in [0.05, 0.1) is 6.10 Å². The Labute approximate surface area is 137 Å². The predicted octanol–water partition coefficient (Wildman–Crippen LogP) is 4.60. The third-order valence-electron chi connectivity index (χ3n) is 3.15. The number of nitrogens with zero attached hydrogens (tertiary/aromatic N) is 2. The lowest BCUT2D eigenvalue weighted by molar-refractivity contribution is 0.0315. The molecule has 1 aromatic carbocycles. The van der Waals surface area contributed by atoms with Crippen LogP contribution in [0.3, 0.4) is 0 Å². The van der Waals surface area contributed by atoms with E-state index < -0.39 is 0 Å². The van der Waals surface area contributed by atoms with E-state index in [9.17, 15) is 0 Å². The number of aromatic nitrogens is 2. The number of anilines is 2. The summed E-state index contributed by atoms with van der Waals surface area (Å²) in [7, 11) is 0. The van der Waals surface area contributed by atoms with Gasteiger partial charge in [-0.3, -0.25) is 0 Å². The first-order valence-corrected chi connectivity index (χ1v) is 9.08. The molecule has 0 spiro atoms. The van der Waals surface area contributed by atoms with Crippen molar-refractivity contribution >= 4 is 45.5 Å². The Morgan fingerprint density at radius 2 is 2.33 bits per heavy atom. The van der Waals surface area contributed by atoms with E-state index in [4.69, 9.17) is 16.3 Å². The van der Waals surface area contributed by atoms with E-state index in [0.717, 1.165) is 33.9 Å². The predicted molar refractivity (Wildman–Crippen MR) is 89.0 cm³/mol. The first-order chi connectivity index (χ1) is 10.3. The molecular formula is C14H16ClN3OS2. The summed E-state index contributed by atoms with van der Waals surface area (Å²) >= 11 is 9.23. The molecule has 112 valence electrons. The van der Waals surface area contributed by atoms with Crippen molar-refractivity contribution in [3.63, 3.8) is 0 Å². The second-order valence-corrected chi connectivity index (χ2v) is 7.49. The Bertz CT molecular complexity index is 587. The summed E-state index contributed by atoms with van der Waals surface area (Å²) in [6.07, 6.45) is 3.97. The zero-order chi connectivity index (χ0) is 14.5. The van der Waals surface area contributed by atoms with Crippen molar-refractivity contribution in [2.75, 3.05) is 17.7 Å². The van der Waals surface area contributed by atoms with Crippen LogP contribution in [-0.2, 0) is 4.74 Å². The summed E-state index contributed by atoms with van der Waals surface area (Å²) in [6, 6.07) is 7.57. The van der Waals surface area contributed by atoms with Gasteiger partial charge in [0.2, 0.25) is 5.13 Å². The number of ether oxygens (including phenoxy) is 1. The van der Waals surface area contributed by atoms with Crippen LogP contribution in [0.4, 0.5) is 10.8 Å². The number of hydrogen-bond donors (Lipinski definition) is 1. The summed E-state index contributed by atoms with van der Waals surface area (Å²) in [5.41, 5.74) is 0.922. The van der Waals surface area contributed by atoms with Crippen LogP contribution in [0.15, 0.2) is 28.6 Å². The first-order valence-electron chi connectivity index (χ1n) is 6.90. The quantitative estimate of drug-likeness (QED) is 0.805. The molecule has 1 aliphatic heterocycles. The van der Waals surface area contributed by atoms with Gasteiger partial charge in [0.15, 0.2) is 4.34 Å². The molecule has 0 aliphatic carbocycles. The zero-order valence-corrected chi connectivity index (χ0v) is 13.8. The number of thioether (sulfide) groups is 1. The topological polar surface area (TPSA) is 47.0 Å². The Kier molecular flexibility index (Phi) is 5.35. The van der Waals surface area contributed by atoms with Crippen LogP contribution in [0.2, 0.25) is 5.02 Å². The maximum atomic E-state index is 5.96. The summed E-state index contributed by atoms with van der Waals surface area (Å²) in [6.45, 7) is 0.892. The average molecular weight is 342 g/mol. The molecule has 21 heavy (non-hydrogen) atoms. The lowest BCUT2D eigenvalue weighted by Crippen LogP contribution is -2.21. The highest BCUT2D eigenvalue weighted by Crippen LogP contribution is 2.30. The Morgan fingerprint density at radius 1 is 1.38 bits per heavy atom. The molecule has 3 rings (SSSR count). The molecule has 0 radical (unpaired) electrons. The van der Waals surface area contributed by atoms with Crippen LogP contribution in [0.5, 0.6) is 0 Å². The molecule has 1 saturated heterocycles. The summed E-state index contributed by atoms with van der Waals surface area (Å²) in [5.74, 6) is 0.950. The van der Waals surface area contributed by atoms with Crippen LogP contribution in [0.1, 0.15) is 19.3 Å². The number of halogens is 1. The second-order valence-electron chi connectivity index (χ2n) is 4.81. The Hall–Kier alpha value is -0.820. The van der Waals surface area contributed by atoms with Gasteiger partial charge < -0.3 is 10.1 Å². The Balaban J connectivity index is 1.53. The SMILES string of the molecule is Clc1cccc(Nc2nnc(SC[C@@H]3CCCCO3)s2)c1. The van der Waals surface area contributed by atoms with Crippen molar-refractivity contribution in [3.05, 3.63) is 29.3 Å². The van der Waals surface area contributed by atoms with Gasteiger partial charge in [-0.1, -0.05) is 40.8 Å². The monoisotopic (exact) mass is 341 g/mol. The molecule has 0 unspecified atom stereocenters. The van der Waals surface area contributed by atoms with Crippen LogP contribution in [-0.4, -0.2) is 28.7 Å². The normalized spacial score (nSPS) is 18.6. The molecule has 7 heteroatoms. The number of rotatable bonds is 5. The van der Waals surface area contributed by atoms with E-state index in [1.807, 2.05) is 24.3 Å². The molecule has 1 aromatic heterocycles. The molecule has 1 aliphatic rings. The zero-order valence-electron chi connectivity index (χ0n) is 11.4. The molecule has 0 bridgehead atoms. The lowest BCUT2D eigenvalue weighted by atomic mass is 10.1. The molecule has 0 saturated carbocycles. The van der Waals surface area contributed by atoms with E-state index in [-0.39, 0.29) is 0 Å². The third-order valence-corrected chi connectivity index (χ3v) is 5.49. The van der Waals surface area contributed by atoms with Gasteiger partial charge in [0, 0.05) is 23.1 Å². The van der Waals surface area contributed by atoms with Crippen LogP contribution in [0.25, 0.3) is 0 Å². The molecule has 1 fully saturated rings. The van der Waals surface area contributed by atoms with E-state index in [0.29, 0.717) is 11.1 Å². The molecular weight excluding hydrogens is 326 g/mol. The van der Waals surface area contributed by atoms with Gasteiger partial charge in [0.25, 0.3) is 0 Å². The minimum absolute atomic E-state index is 0.358. The number of hydrogen-bond acceptors (Lipinski definition) is 6. The minimum atomic E-state index is 0.358. The van der Waals surface area contributed by atoms with Gasteiger partial charge >= 0.3 is 0 Å². The van der Waals surface area contributed by atoms with Crippen molar-refractivity contribution in [2.24, 2.45) is 0 Å². The van der Waals surface area contributed by atoms with E-state index in [2.05, 4.69) is 15.5 Å². The molecule has 2 heterocycles. The fraction of sp³-hybridized carbons (Fsp3) is 0.429. The fourth-order valence-electron chi connectivity index (χ4n) is 2.11. The maximum Gasteiger partial charge on any atom is 0.210 e. The summed E-state index contributed by atoms with van der Waals surface area (Å²) in [5, 5.41) is 13.1. The number of nitrogens with one attached hydrogen (secondary N) is 1. The third kappa shape index (κ3) is 4.57. The van der Waals surface area contributed by atoms with Crippen molar-refractivity contribution in [1.82, 2.24) is 10.2 Å². The maximum absolute atomic E-state index is 5.96. The first kappa shape index (κ1) is 15.1. The van der Waals surface area contributed by atoms with Crippen molar-refractivity contribution < 1.29 is 4.74 Å². The summed E-state index contributed by atoms with van der Waals surface area (Å²) in [4.78, 5) is 0. The lowest BCUT2D eigenvalue weighted by Gasteiger charge is -2.21. The van der Waals surface area contributed by atoms with E-state index in [1.165, 1.54) is 12.8 Å². The van der Waals surface area contributed by atoms with Gasteiger partial charge in [-0.05, 0) is 37.5 Å². The average Bonchev–Trinajstić information content (AvgIpc) is 2.94. The highest BCUT2D eigenvalue weighted by Gasteiger charge is 2.15. The molecule has 1 N–H and O–H groups in total. The van der Waals surface area contributed by atoms with Gasteiger partial charge in [-0.2, -0.15) is 0 Å². The number of benzene rings is 1. The standard InChI is InChI=1S/C14H16ClN3OS2/c15-10-4-3-5-11(8-10)16-13-17-18-14(21-13)20-9-12-6-1-2-7-19-12/h3-5,8,12H,1-2,6-7,9H2,(H,16,17)/t12-/m0/s1. The molecule has 4 nitrogen and oxygen atoms in total. The van der Waals surface area contributed by atoms with Crippen LogP contribution in [0, 0.1) is 0 Å². The molecule has 1 atom stereocenters. The van der Waals surface area contributed by atoms with Gasteiger partial charge in [-0.25, -0.2) is 0 Å². The van der Waals surface area contributed by atoms with Gasteiger partial charge in [0.1, 0.15) is 0 Å². The smallest absolute Gasteiger partial charge is 0.210 e. The second kappa shape index (κ2) is 7.45. The van der Waals surface area contributed by atoms with Crippen LogP contribution >= 0.6 is 34.7 Å². The van der Waals surface area contributed by atoms with Gasteiger partial charge in [-0.15, -0.1) is 10.2 Å². The van der Waals surface area contributed by atoms with E-state index in [1.54, 1.807) is 23.1 Å². The fourth-order valence-corrected chi connectivity index (χ4v) is 4.17. The largest absolute Gasteiger partial charge is 0.377 e. The van der Waals surface area contributed by atoms with Crippen molar-refractivity contribution in [1.29, 1.82) is 0 Å². The highest BCUT2D eigenvalue weighted by molar-refractivity contribution is 8.01. The van der Waals surface area contributed by atoms with E-state index >= 15 is 0 Å². The van der Waals surface area contributed by atoms with Crippen LogP contribution < -0.4 is 5.32 Å². The summed E-state index contributed by atoms with van der Waals surface area (Å²) < 4.78 is 6.69.